The molecule has 0 saturated heterocycles. The van der Waals surface area contributed by atoms with Crippen LogP contribution in [0.25, 0.3) is 0 Å². The van der Waals surface area contributed by atoms with Crippen LogP contribution in [-0.4, -0.2) is 28.1 Å². The van der Waals surface area contributed by atoms with E-state index < -0.39 is 25.3 Å². The number of allylic oxidation sites excluding steroid dienone is 2. The summed E-state index contributed by atoms with van der Waals surface area (Å²) in [6.07, 6.45) is 4.39. The van der Waals surface area contributed by atoms with Crippen LogP contribution in [0.15, 0.2) is 24.3 Å². The van der Waals surface area contributed by atoms with Crippen molar-refractivity contribution in [2.75, 3.05) is 0 Å². The predicted octanol–water partition coefficient (Wildman–Crippen LogP) is 0.581. The zero-order valence-electron chi connectivity index (χ0n) is 6.70. The van der Waals surface area contributed by atoms with Gasteiger partial charge in [-0.2, -0.15) is 8.42 Å². The van der Waals surface area contributed by atoms with E-state index in [1.165, 1.54) is 6.08 Å². The minimum absolute atomic E-state index is 0.750. The molecule has 0 bridgehead atoms. The van der Waals surface area contributed by atoms with Crippen molar-refractivity contribution < 1.29 is 17.9 Å². The van der Waals surface area contributed by atoms with Crippen LogP contribution < -0.4 is 0 Å². The topological polar surface area (TPSA) is 97.5 Å². The van der Waals surface area contributed by atoms with E-state index in [1.54, 1.807) is 0 Å². The van der Waals surface area contributed by atoms with Crippen molar-refractivity contribution in [3.8, 4) is 0 Å². The molecule has 2 unspecified atom stereocenters. The van der Waals surface area contributed by atoms with E-state index in [-0.39, 0.29) is 0 Å². The van der Waals surface area contributed by atoms with Crippen LogP contribution in [0.1, 0.15) is 0 Å². The number of nitro groups is 1. The zero-order valence-corrected chi connectivity index (χ0v) is 8.27. The van der Waals surface area contributed by atoms with Gasteiger partial charge in [0, 0.05) is 6.08 Å². The van der Waals surface area contributed by atoms with Crippen molar-refractivity contribution >= 4 is 21.7 Å². The second kappa shape index (κ2) is 3.34. The lowest BCUT2D eigenvalue weighted by atomic mass is 10.1. The smallest absolute Gasteiger partial charge is 0.280 e. The standard InChI is InChI=1S/C6H6ClNO5S/c7-5-3-1-2-4-6(5,8(9)10)14(11,12)13/h1-5H,(H,11,12,13). The van der Waals surface area contributed by atoms with Gasteiger partial charge in [0.1, 0.15) is 5.38 Å². The molecule has 1 N–H and O–H groups in total. The third-order valence-electron chi connectivity index (χ3n) is 1.82. The summed E-state index contributed by atoms with van der Waals surface area (Å²) in [5.41, 5.74) is 0. The lowest BCUT2D eigenvalue weighted by molar-refractivity contribution is -0.526. The van der Waals surface area contributed by atoms with Gasteiger partial charge in [-0.15, -0.1) is 11.6 Å². The minimum atomic E-state index is -4.91. The number of halogens is 1. The summed E-state index contributed by atoms with van der Waals surface area (Å²) < 4.78 is 30.6. The maximum atomic E-state index is 10.9. The quantitative estimate of drug-likeness (QED) is 0.329. The van der Waals surface area contributed by atoms with Crippen LogP contribution in [0.4, 0.5) is 0 Å². The van der Waals surface area contributed by atoms with Gasteiger partial charge >= 0.3 is 15.0 Å². The van der Waals surface area contributed by atoms with E-state index in [9.17, 15) is 18.5 Å². The van der Waals surface area contributed by atoms with Gasteiger partial charge in [-0.1, -0.05) is 18.2 Å². The number of alkyl halides is 1. The summed E-state index contributed by atoms with van der Waals surface area (Å²) in [5, 5.41) is 9.20. The fourth-order valence-corrected chi connectivity index (χ4v) is 2.45. The molecule has 0 spiro atoms. The Morgan fingerprint density at radius 3 is 2.36 bits per heavy atom. The van der Waals surface area contributed by atoms with E-state index in [0.29, 0.717) is 0 Å². The molecule has 0 saturated carbocycles. The Balaban J connectivity index is 3.40. The Hall–Kier alpha value is -0.920. The van der Waals surface area contributed by atoms with Crippen LogP contribution in [-0.2, 0) is 10.1 Å². The van der Waals surface area contributed by atoms with Crippen LogP contribution in [0, 0.1) is 10.1 Å². The van der Waals surface area contributed by atoms with Gasteiger partial charge < -0.3 is 0 Å². The second-order valence-corrected chi connectivity index (χ2v) is 4.70. The van der Waals surface area contributed by atoms with E-state index in [1.807, 2.05) is 0 Å². The third-order valence-corrected chi connectivity index (χ3v) is 3.79. The van der Waals surface area contributed by atoms with Gasteiger partial charge in [0.25, 0.3) is 0 Å². The van der Waals surface area contributed by atoms with Gasteiger partial charge in [-0.25, -0.2) is 0 Å². The highest BCUT2D eigenvalue weighted by atomic mass is 35.5. The first-order valence-electron chi connectivity index (χ1n) is 3.44. The molecule has 0 aromatic carbocycles. The summed E-state index contributed by atoms with van der Waals surface area (Å²) in [6, 6.07) is 0. The van der Waals surface area contributed by atoms with Crippen LogP contribution in [0.5, 0.6) is 0 Å². The number of rotatable bonds is 2. The molecule has 0 radical (unpaired) electrons. The van der Waals surface area contributed by atoms with Gasteiger partial charge in [0.05, 0.1) is 4.92 Å². The Morgan fingerprint density at radius 1 is 1.50 bits per heavy atom. The first kappa shape index (κ1) is 11.2. The number of hydrogen-bond donors (Lipinski definition) is 1. The third kappa shape index (κ3) is 1.43. The van der Waals surface area contributed by atoms with Gasteiger partial charge in [-0.05, 0) is 0 Å². The molecule has 0 amide bonds. The van der Waals surface area contributed by atoms with Crippen LogP contribution in [0.3, 0.4) is 0 Å². The van der Waals surface area contributed by atoms with Gasteiger partial charge in [0.2, 0.25) is 0 Å². The van der Waals surface area contributed by atoms with Crippen molar-refractivity contribution in [3.05, 3.63) is 34.4 Å². The second-order valence-electron chi connectivity index (χ2n) is 2.63. The monoisotopic (exact) mass is 239 g/mol. The zero-order chi connectivity index (χ0) is 11.0. The maximum absolute atomic E-state index is 10.9. The van der Waals surface area contributed by atoms with E-state index in [0.717, 1.165) is 18.2 Å². The van der Waals surface area contributed by atoms with Gasteiger partial charge in [-0.3, -0.25) is 14.7 Å². The molecule has 0 fully saturated rings. The fraction of sp³-hybridized carbons (Fsp3) is 0.333. The number of hydrogen-bond acceptors (Lipinski definition) is 4. The maximum Gasteiger partial charge on any atom is 0.380 e. The van der Waals surface area contributed by atoms with E-state index in [4.69, 9.17) is 16.2 Å². The van der Waals surface area contributed by atoms with Crippen molar-refractivity contribution in [2.24, 2.45) is 0 Å². The average molecular weight is 240 g/mol. The lowest BCUT2D eigenvalue weighted by Gasteiger charge is -2.22. The van der Waals surface area contributed by atoms with E-state index in [2.05, 4.69) is 0 Å². The van der Waals surface area contributed by atoms with Crippen LogP contribution in [0.2, 0.25) is 0 Å². The molecule has 1 aliphatic carbocycles. The first-order valence-corrected chi connectivity index (χ1v) is 5.31. The summed E-state index contributed by atoms with van der Waals surface area (Å²) in [4.78, 5) is 6.83. The van der Waals surface area contributed by atoms with Crippen molar-refractivity contribution in [3.63, 3.8) is 0 Å². The summed E-state index contributed by atoms with van der Waals surface area (Å²) in [5.74, 6) is 0. The molecule has 6 nitrogen and oxygen atoms in total. The molecule has 14 heavy (non-hydrogen) atoms. The Labute approximate surface area is 84.8 Å². The molecule has 78 valence electrons. The van der Waals surface area contributed by atoms with Gasteiger partial charge in [0.15, 0.2) is 0 Å². The molecule has 2 atom stereocenters. The van der Waals surface area contributed by atoms with Crippen molar-refractivity contribution in [2.45, 2.75) is 10.2 Å². The molecule has 0 aromatic heterocycles. The molecular formula is C6H6ClNO5S. The van der Waals surface area contributed by atoms with Crippen LogP contribution >= 0.6 is 11.6 Å². The van der Waals surface area contributed by atoms with Crippen molar-refractivity contribution in [1.82, 2.24) is 0 Å². The average Bonchev–Trinajstić information content (AvgIpc) is 2.02. The molecular weight excluding hydrogens is 234 g/mol. The van der Waals surface area contributed by atoms with Crippen molar-refractivity contribution in [1.29, 1.82) is 0 Å². The first-order chi connectivity index (χ1) is 6.32. The minimum Gasteiger partial charge on any atom is -0.280 e. The van der Waals surface area contributed by atoms with E-state index >= 15 is 0 Å². The molecule has 1 rings (SSSR count). The molecule has 0 aromatic rings. The largest absolute Gasteiger partial charge is 0.380 e. The fourth-order valence-electron chi connectivity index (χ4n) is 1.07. The Kier molecular flexibility index (Phi) is 2.66. The highest BCUT2D eigenvalue weighted by Crippen LogP contribution is 2.31. The Morgan fingerprint density at radius 2 is 2.07 bits per heavy atom. The summed E-state index contributed by atoms with van der Waals surface area (Å²) in [7, 11) is -4.91. The SMILES string of the molecule is O=[N+]([O-])C1(S(=O)(=O)O)C=CC=CC1Cl. The lowest BCUT2D eigenvalue weighted by Crippen LogP contribution is -2.51. The Bertz CT molecular complexity index is 414. The predicted molar refractivity (Wildman–Crippen MR) is 49.2 cm³/mol. The highest BCUT2D eigenvalue weighted by molar-refractivity contribution is 7.87. The number of nitrogens with zero attached hydrogens (tertiary/aromatic N) is 1. The summed E-state index contributed by atoms with van der Waals surface area (Å²) in [6.45, 7) is 0. The molecule has 0 heterocycles. The highest BCUT2D eigenvalue weighted by Gasteiger charge is 2.59. The normalized spacial score (nSPS) is 31.7. The molecule has 8 heteroatoms. The molecule has 1 aliphatic rings. The summed E-state index contributed by atoms with van der Waals surface area (Å²) >= 11 is 5.50. The molecule has 0 aliphatic heterocycles.